The minimum Gasteiger partial charge on any atom is -0.490 e. The number of nitro groups is 1. The van der Waals surface area contributed by atoms with E-state index in [1.54, 1.807) is 0 Å². The number of methoxy groups -OCH3 is 1. The van der Waals surface area contributed by atoms with Gasteiger partial charge in [0.2, 0.25) is 10.0 Å². The van der Waals surface area contributed by atoms with E-state index in [9.17, 15) is 36.5 Å². The van der Waals surface area contributed by atoms with Gasteiger partial charge < -0.3 is 4.74 Å². The molecule has 15 heteroatoms. The molecule has 0 aliphatic heterocycles. The van der Waals surface area contributed by atoms with Gasteiger partial charge in [0.25, 0.3) is 5.91 Å². The maximum Gasteiger partial charge on any atom is 0.416 e. The van der Waals surface area contributed by atoms with Crippen molar-refractivity contribution in [3.63, 3.8) is 0 Å². The summed E-state index contributed by atoms with van der Waals surface area (Å²) >= 11 is 5.88. The van der Waals surface area contributed by atoms with E-state index in [1.807, 2.05) is 5.43 Å². The maximum absolute atomic E-state index is 13.0. The quantitative estimate of drug-likeness (QED) is 0.331. The molecular weight excluding hydrogens is 493 g/mol. The first kappa shape index (κ1) is 25.9. The predicted molar refractivity (Wildman–Crippen MR) is 114 cm³/mol. The summed E-state index contributed by atoms with van der Waals surface area (Å²) in [7, 11) is -2.97. The van der Waals surface area contributed by atoms with Crippen LogP contribution in [-0.4, -0.2) is 45.4 Å². The fraction of sp³-hybridized carbons (Fsp3) is 0.222. The second kappa shape index (κ2) is 10.0. The number of carbonyl (C=O) groups excluding carboxylic acids is 1. The third kappa shape index (κ3) is 6.79. The van der Waals surface area contributed by atoms with Crippen LogP contribution in [0.3, 0.4) is 0 Å². The van der Waals surface area contributed by atoms with Crippen molar-refractivity contribution < 1.29 is 36.0 Å². The number of ether oxygens (including phenoxy) is 1. The van der Waals surface area contributed by atoms with E-state index >= 15 is 0 Å². The molecule has 0 unspecified atom stereocenters. The van der Waals surface area contributed by atoms with Gasteiger partial charge in [0.15, 0.2) is 5.75 Å². The van der Waals surface area contributed by atoms with E-state index in [2.05, 4.69) is 5.10 Å². The number of hydrazone groups is 1. The average Bonchev–Trinajstić information content (AvgIpc) is 2.70. The first-order valence-corrected chi connectivity index (χ1v) is 11.0. The lowest BCUT2D eigenvalue weighted by molar-refractivity contribution is -0.385. The van der Waals surface area contributed by atoms with Crippen LogP contribution in [0.5, 0.6) is 5.75 Å². The highest BCUT2D eigenvalue weighted by molar-refractivity contribution is 7.92. The van der Waals surface area contributed by atoms with Crippen LogP contribution in [-0.2, 0) is 21.0 Å². The number of nitrogens with one attached hydrogen (secondary N) is 1. The zero-order chi connectivity index (χ0) is 25.0. The molecule has 0 aliphatic carbocycles. The first-order valence-electron chi connectivity index (χ1n) is 8.73. The van der Waals surface area contributed by atoms with Crippen molar-refractivity contribution in [2.75, 3.05) is 24.2 Å². The van der Waals surface area contributed by atoms with Gasteiger partial charge in [-0.05, 0) is 30.3 Å². The van der Waals surface area contributed by atoms with Gasteiger partial charge in [-0.15, -0.1) is 0 Å². The molecule has 0 saturated heterocycles. The molecule has 0 fully saturated rings. The number of sulfonamides is 1. The smallest absolute Gasteiger partial charge is 0.416 e. The highest BCUT2D eigenvalue weighted by Crippen LogP contribution is 2.36. The van der Waals surface area contributed by atoms with Gasteiger partial charge in [-0.25, -0.2) is 13.8 Å². The van der Waals surface area contributed by atoms with Crippen LogP contribution in [0.2, 0.25) is 5.02 Å². The molecule has 178 valence electrons. The molecule has 2 rings (SSSR count). The van der Waals surface area contributed by atoms with E-state index in [-0.39, 0.29) is 22.0 Å². The van der Waals surface area contributed by atoms with Gasteiger partial charge in [0.1, 0.15) is 6.54 Å². The number of rotatable bonds is 8. The second-order valence-corrected chi connectivity index (χ2v) is 8.73. The third-order valence-corrected chi connectivity index (χ3v) is 5.48. The molecule has 2 aromatic carbocycles. The second-order valence-electron chi connectivity index (χ2n) is 6.42. The number of hydrogen-bond acceptors (Lipinski definition) is 7. The number of nitro benzene ring substituents is 1. The molecule has 1 amide bonds. The molecule has 0 radical (unpaired) electrons. The van der Waals surface area contributed by atoms with Crippen LogP contribution in [0.1, 0.15) is 11.1 Å². The molecule has 1 N–H and O–H groups in total. The average molecular weight is 509 g/mol. The van der Waals surface area contributed by atoms with Gasteiger partial charge >= 0.3 is 11.9 Å². The normalized spacial score (nSPS) is 11.9. The first-order chi connectivity index (χ1) is 15.2. The maximum atomic E-state index is 13.0. The summed E-state index contributed by atoms with van der Waals surface area (Å²) in [5, 5.41) is 14.3. The van der Waals surface area contributed by atoms with Crippen LogP contribution in [0.4, 0.5) is 24.5 Å². The summed E-state index contributed by atoms with van der Waals surface area (Å²) in [5.41, 5.74) is 0.163. The topological polar surface area (TPSA) is 131 Å². The van der Waals surface area contributed by atoms with Crippen molar-refractivity contribution in [2.24, 2.45) is 5.10 Å². The van der Waals surface area contributed by atoms with E-state index in [0.29, 0.717) is 22.7 Å². The molecule has 0 spiro atoms. The van der Waals surface area contributed by atoms with Gasteiger partial charge in [-0.3, -0.25) is 19.2 Å². The number of nitrogens with zero attached hydrogens (tertiary/aromatic N) is 3. The largest absolute Gasteiger partial charge is 0.490 e. The number of hydrogen-bond donors (Lipinski definition) is 1. The molecule has 0 bridgehead atoms. The Morgan fingerprint density at radius 2 is 1.97 bits per heavy atom. The molecule has 0 atom stereocenters. The molecular formula is C18H16ClF3N4O6S. The Hall–Kier alpha value is -3.39. The lowest BCUT2D eigenvalue weighted by Crippen LogP contribution is -2.39. The van der Waals surface area contributed by atoms with Gasteiger partial charge in [0.05, 0.1) is 40.8 Å². The standard InChI is InChI=1S/C18H16ClF3N4O6S/c1-32-16-6-3-11(7-15(16)26(28)29)9-23-24-17(27)10-25(33(2,30)31)14-8-12(18(20,21)22)4-5-13(14)19/h3-9H,10H2,1-2H3,(H,24,27)/b23-9+. The minimum absolute atomic E-state index is 0.00273. The zero-order valence-corrected chi connectivity index (χ0v) is 18.5. The summed E-state index contributed by atoms with van der Waals surface area (Å²) < 4.78 is 68.6. The minimum atomic E-state index is -4.77. The van der Waals surface area contributed by atoms with E-state index in [0.717, 1.165) is 18.3 Å². The van der Waals surface area contributed by atoms with E-state index < -0.39 is 44.8 Å². The highest BCUT2D eigenvalue weighted by atomic mass is 35.5. The molecule has 0 aromatic heterocycles. The Labute approximate surface area is 190 Å². The SMILES string of the molecule is COc1ccc(/C=N/NC(=O)CN(c2cc(C(F)(F)F)ccc2Cl)S(C)(=O)=O)cc1[N+](=O)[O-]. The zero-order valence-electron chi connectivity index (χ0n) is 17.0. The lowest BCUT2D eigenvalue weighted by atomic mass is 10.2. The molecule has 0 aliphatic rings. The Balaban J connectivity index is 2.23. The van der Waals surface area contributed by atoms with Crippen LogP contribution in [0.25, 0.3) is 0 Å². The summed E-state index contributed by atoms with van der Waals surface area (Å²) in [6.07, 6.45) is -3.03. The van der Waals surface area contributed by atoms with Gasteiger partial charge in [-0.2, -0.15) is 18.3 Å². The Morgan fingerprint density at radius 1 is 1.30 bits per heavy atom. The van der Waals surface area contributed by atoms with Crippen molar-refractivity contribution in [1.82, 2.24) is 5.43 Å². The van der Waals surface area contributed by atoms with Crippen LogP contribution in [0, 0.1) is 10.1 Å². The molecule has 33 heavy (non-hydrogen) atoms. The number of halogens is 4. The monoisotopic (exact) mass is 508 g/mol. The van der Waals surface area contributed by atoms with Gasteiger partial charge in [-0.1, -0.05) is 11.6 Å². The molecule has 0 heterocycles. The van der Waals surface area contributed by atoms with E-state index in [4.69, 9.17) is 16.3 Å². The number of anilines is 1. The third-order valence-electron chi connectivity index (χ3n) is 4.03. The number of carbonyl (C=O) groups is 1. The summed E-state index contributed by atoms with van der Waals surface area (Å²) in [6.45, 7) is -0.931. The van der Waals surface area contributed by atoms with Crippen molar-refractivity contribution >= 4 is 45.1 Å². The van der Waals surface area contributed by atoms with Crippen molar-refractivity contribution in [3.8, 4) is 5.75 Å². The number of amides is 1. The van der Waals surface area contributed by atoms with Crippen LogP contribution in [0.15, 0.2) is 41.5 Å². The Bertz CT molecular complexity index is 1200. The van der Waals surface area contributed by atoms with Crippen molar-refractivity contribution in [1.29, 1.82) is 0 Å². The fourth-order valence-electron chi connectivity index (χ4n) is 2.54. The molecule has 0 saturated carbocycles. The Kier molecular flexibility index (Phi) is 7.87. The van der Waals surface area contributed by atoms with Crippen molar-refractivity contribution in [3.05, 3.63) is 62.7 Å². The number of alkyl halides is 3. The Morgan fingerprint density at radius 3 is 2.52 bits per heavy atom. The predicted octanol–water partition coefficient (Wildman–Crippen LogP) is 3.19. The molecule has 10 nitrogen and oxygen atoms in total. The molecule has 2 aromatic rings. The highest BCUT2D eigenvalue weighted by Gasteiger charge is 2.33. The summed E-state index contributed by atoms with van der Waals surface area (Å²) in [5.74, 6) is -1.00. The summed E-state index contributed by atoms with van der Waals surface area (Å²) in [4.78, 5) is 22.6. The van der Waals surface area contributed by atoms with Crippen molar-refractivity contribution in [2.45, 2.75) is 6.18 Å². The lowest BCUT2D eigenvalue weighted by Gasteiger charge is -2.23. The number of benzene rings is 2. The van der Waals surface area contributed by atoms with Crippen LogP contribution < -0.4 is 14.5 Å². The summed E-state index contributed by atoms with van der Waals surface area (Å²) in [6, 6.07) is 5.89. The van der Waals surface area contributed by atoms with Gasteiger partial charge in [0, 0.05) is 11.6 Å². The van der Waals surface area contributed by atoms with E-state index in [1.165, 1.54) is 19.2 Å². The van der Waals surface area contributed by atoms with Crippen LogP contribution >= 0.6 is 11.6 Å². The fourth-order valence-corrected chi connectivity index (χ4v) is 3.67.